The smallest absolute Gasteiger partial charge is 0.246 e. The number of carbonyl (C=O) groups is 1. The molecule has 0 aliphatic rings. The second-order valence-electron chi connectivity index (χ2n) is 2.88. The molecular weight excluding hydrogens is 164 g/mol. The van der Waals surface area contributed by atoms with Crippen molar-refractivity contribution in [1.29, 1.82) is 0 Å². The molecule has 13 heavy (non-hydrogen) atoms. The molecule has 3 heteroatoms. The van der Waals surface area contributed by atoms with E-state index in [1.807, 2.05) is 6.08 Å². The molecule has 0 fully saturated rings. The van der Waals surface area contributed by atoms with Crippen LogP contribution in [0.25, 0.3) is 0 Å². The molecule has 0 saturated heterocycles. The summed E-state index contributed by atoms with van der Waals surface area (Å²) in [4.78, 5) is 11.0. The highest BCUT2D eigenvalue weighted by Crippen LogP contribution is 1.85. The van der Waals surface area contributed by atoms with Gasteiger partial charge >= 0.3 is 0 Å². The maximum absolute atomic E-state index is 11.0. The number of rotatable bonds is 7. The molecule has 2 N–H and O–H groups in total. The van der Waals surface area contributed by atoms with Crippen LogP contribution in [0.3, 0.4) is 0 Å². The van der Waals surface area contributed by atoms with Crippen LogP contribution in [0.2, 0.25) is 0 Å². The summed E-state index contributed by atoms with van der Waals surface area (Å²) in [6.45, 7) is 11.2. The Balaban J connectivity index is 3.21. The molecule has 0 heterocycles. The first kappa shape index (κ1) is 11.9. The monoisotopic (exact) mass is 182 g/mol. The van der Waals surface area contributed by atoms with Crippen molar-refractivity contribution in [3.8, 4) is 0 Å². The quantitative estimate of drug-likeness (QED) is 0.348. The predicted octanol–water partition coefficient (Wildman–Crippen LogP) is 0.844. The van der Waals surface area contributed by atoms with Crippen LogP contribution >= 0.6 is 0 Å². The molecule has 0 bridgehead atoms. The zero-order chi connectivity index (χ0) is 10.1. The Kier molecular flexibility index (Phi) is 6.92. The fraction of sp³-hybridized carbons (Fsp3) is 0.500. The lowest BCUT2D eigenvalue weighted by Crippen LogP contribution is -2.27. The van der Waals surface area contributed by atoms with Gasteiger partial charge in [-0.3, -0.25) is 4.79 Å². The van der Waals surface area contributed by atoms with E-state index in [4.69, 9.17) is 0 Å². The molecule has 0 aromatic carbocycles. The van der Waals surface area contributed by atoms with E-state index in [0.717, 1.165) is 19.5 Å². The molecule has 0 radical (unpaired) electrons. The Morgan fingerprint density at radius 3 is 2.69 bits per heavy atom. The van der Waals surface area contributed by atoms with Gasteiger partial charge < -0.3 is 10.6 Å². The van der Waals surface area contributed by atoms with E-state index in [2.05, 4.69) is 23.8 Å². The molecule has 0 aromatic heterocycles. The van der Waals surface area contributed by atoms with Crippen LogP contribution in [0.1, 0.15) is 13.3 Å². The Morgan fingerprint density at radius 2 is 2.15 bits per heavy atom. The molecule has 3 nitrogen and oxygen atoms in total. The predicted molar refractivity (Wildman–Crippen MR) is 55.5 cm³/mol. The molecule has 0 aromatic rings. The van der Waals surface area contributed by atoms with Crippen molar-refractivity contribution in [3.63, 3.8) is 0 Å². The van der Waals surface area contributed by atoms with Crippen molar-refractivity contribution < 1.29 is 4.79 Å². The average Bonchev–Trinajstić information content (AvgIpc) is 2.10. The average molecular weight is 182 g/mol. The maximum Gasteiger partial charge on any atom is 0.246 e. The Hall–Kier alpha value is -1.09. The van der Waals surface area contributed by atoms with Gasteiger partial charge in [0.05, 0.1) is 0 Å². The van der Waals surface area contributed by atoms with Gasteiger partial charge in [-0.1, -0.05) is 12.7 Å². The van der Waals surface area contributed by atoms with Gasteiger partial charge in [0.1, 0.15) is 0 Å². The van der Waals surface area contributed by atoms with Crippen molar-refractivity contribution in [2.45, 2.75) is 13.3 Å². The van der Waals surface area contributed by atoms with E-state index in [-0.39, 0.29) is 5.91 Å². The molecule has 0 spiro atoms. The van der Waals surface area contributed by atoms with E-state index < -0.39 is 0 Å². The molecule has 0 unspecified atom stereocenters. The van der Waals surface area contributed by atoms with Gasteiger partial charge in [-0.2, -0.15) is 0 Å². The van der Waals surface area contributed by atoms with Crippen LogP contribution < -0.4 is 10.6 Å². The van der Waals surface area contributed by atoms with Crippen molar-refractivity contribution in [2.75, 3.05) is 19.6 Å². The van der Waals surface area contributed by atoms with E-state index in [0.29, 0.717) is 12.1 Å². The lowest BCUT2D eigenvalue weighted by molar-refractivity contribution is -0.117. The van der Waals surface area contributed by atoms with Gasteiger partial charge in [-0.15, -0.1) is 6.58 Å². The van der Waals surface area contributed by atoms with E-state index >= 15 is 0 Å². The fourth-order valence-corrected chi connectivity index (χ4v) is 0.770. The van der Waals surface area contributed by atoms with Crippen LogP contribution in [0.15, 0.2) is 24.8 Å². The van der Waals surface area contributed by atoms with Crippen LogP contribution in [0.5, 0.6) is 0 Å². The summed E-state index contributed by atoms with van der Waals surface area (Å²) < 4.78 is 0. The second-order valence-corrected chi connectivity index (χ2v) is 2.88. The van der Waals surface area contributed by atoms with E-state index in [1.165, 1.54) is 0 Å². The van der Waals surface area contributed by atoms with Gasteiger partial charge in [0.15, 0.2) is 0 Å². The first-order valence-corrected chi connectivity index (χ1v) is 4.43. The summed E-state index contributed by atoms with van der Waals surface area (Å²) in [5, 5.41) is 5.90. The number of nitrogens with one attached hydrogen (secondary N) is 2. The highest BCUT2D eigenvalue weighted by atomic mass is 16.1. The zero-order valence-electron chi connectivity index (χ0n) is 8.23. The van der Waals surface area contributed by atoms with Crippen LogP contribution in [-0.2, 0) is 4.79 Å². The molecule has 0 rings (SSSR count). The Morgan fingerprint density at radius 1 is 1.46 bits per heavy atom. The fourth-order valence-electron chi connectivity index (χ4n) is 0.770. The maximum atomic E-state index is 11.0. The van der Waals surface area contributed by atoms with E-state index in [1.54, 1.807) is 6.92 Å². The van der Waals surface area contributed by atoms with Crippen molar-refractivity contribution in [2.24, 2.45) is 0 Å². The minimum absolute atomic E-state index is 0.0660. The third-order valence-electron chi connectivity index (χ3n) is 1.49. The number of hydrogen-bond donors (Lipinski definition) is 2. The van der Waals surface area contributed by atoms with Crippen molar-refractivity contribution in [3.05, 3.63) is 24.8 Å². The van der Waals surface area contributed by atoms with Crippen molar-refractivity contribution >= 4 is 5.91 Å². The lowest BCUT2D eigenvalue weighted by atomic mass is 10.3. The molecule has 0 aliphatic carbocycles. The third-order valence-corrected chi connectivity index (χ3v) is 1.49. The first-order valence-electron chi connectivity index (χ1n) is 4.43. The molecule has 0 aliphatic heterocycles. The van der Waals surface area contributed by atoms with Gasteiger partial charge in [0.2, 0.25) is 5.91 Å². The summed E-state index contributed by atoms with van der Waals surface area (Å²) in [6, 6.07) is 0. The highest BCUT2D eigenvalue weighted by Gasteiger charge is 1.98. The number of carbonyl (C=O) groups excluding carboxylic acids is 1. The molecule has 1 amide bonds. The molecule has 0 saturated carbocycles. The third kappa shape index (κ3) is 7.28. The normalized spacial score (nSPS) is 9.31. The van der Waals surface area contributed by atoms with Crippen LogP contribution in [-0.4, -0.2) is 25.5 Å². The SMILES string of the molecule is C=CCNCCCNC(=O)C(=C)C. The molecule has 74 valence electrons. The number of hydrogen-bond acceptors (Lipinski definition) is 2. The minimum atomic E-state index is -0.0660. The van der Waals surface area contributed by atoms with Gasteiger partial charge in [-0.05, 0) is 19.9 Å². The second kappa shape index (κ2) is 7.55. The van der Waals surface area contributed by atoms with Crippen LogP contribution in [0.4, 0.5) is 0 Å². The highest BCUT2D eigenvalue weighted by molar-refractivity contribution is 5.91. The van der Waals surface area contributed by atoms with Crippen LogP contribution in [0, 0.1) is 0 Å². The Labute approximate surface area is 79.9 Å². The summed E-state index contributed by atoms with van der Waals surface area (Å²) in [7, 11) is 0. The zero-order valence-corrected chi connectivity index (χ0v) is 8.23. The Bertz CT molecular complexity index is 187. The van der Waals surface area contributed by atoms with Gasteiger partial charge in [0.25, 0.3) is 0 Å². The minimum Gasteiger partial charge on any atom is -0.352 e. The standard InChI is InChI=1S/C10H18N2O/c1-4-6-11-7-5-8-12-10(13)9(2)3/h4,11H,1-2,5-8H2,3H3,(H,12,13). The summed E-state index contributed by atoms with van der Waals surface area (Å²) in [6.07, 6.45) is 2.74. The topological polar surface area (TPSA) is 41.1 Å². The first-order chi connectivity index (χ1) is 6.18. The molecular formula is C10H18N2O. The summed E-state index contributed by atoms with van der Waals surface area (Å²) >= 11 is 0. The lowest BCUT2D eigenvalue weighted by Gasteiger charge is -2.04. The largest absolute Gasteiger partial charge is 0.352 e. The molecule has 0 atom stereocenters. The summed E-state index contributed by atoms with van der Waals surface area (Å²) in [5.74, 6) is -0.0660. The summed E-state index contributed by atoms with van der Waals surface area (Å²) in [5.41, 5.74) is 0.555. The van der Waals surface area contributed by atoms with Gasteiger partial charge in [0, 0.05) is 18.7 Å². The van der Waals surface area contributed by atoms with E-state index in [9.17, 15) is 4.79 Å². The van der Waals surface area contributed by atoms with Crippen molar-refractivity contribution in [1.82, 2.24) is 10.6 Å². The number of amides is 1. The van der Waals surface area contributed by atoms with Gasteiger partial charge in [-0.25, -0.2) is 0 Å².